The molecule has 3 rings (SSSR count). The van der Waals surface area contributed by atoms with Crippen LogP contribution in [-0.4, -0.2) is 20.9 Å². The average Bonchev–Trinajstić information content (AvgIpc) is 2.92. The van der Waals surface area contributed by atoms with E-state index >= 15 is 0 Å². The summed E-state index contributed by atoms with van der Waals surface area (Å²) < 4.78 is 1.90. The third kappa shape index (κ3) is 2.78. The van der Waals surface area contributed by atoms with E-state index in [4.69, 9.17) is 17.3 Å². The van der Waals surface area contributed by atoms with Crippen molar-refractivity contribution >= 4 is 22.9 Å². The first-order chi connectivity index (χ1) is 11.0. The van der Waals surface area contributed by atoms with Crippen molar-refractivity contribution in [3.8, 4) is 11.3 Å². The van der Waals surface area contributed by atoms with Gasteiger partial charge in [-0.05, 0) is 12.1 Å². The molecular weight excluding hydrogens is 316 g/mol. The third-order valence-electron chi connectivity index (χ3n) is 3.77. The van der Waals surface area contributed by atoms with Crippen LogP contribution in [0.3, 0.4) is 0 Å². The molecule has 0 aliphatic carbocycles. The van der Waals surface area contributed by atoms with Gasteiger partial charge in [0.15, 0.2) is 0 Å². The number of nitrogens with two attached hydrogens (primary N) is 1. The first-order valence-electron chi connectivity index (χ1n) is 7.13. The van der Waals surface area contributed by atoms with Crippen molar-refractivity contribution in [3.05, 3.63) is 63.4 Å². The highest BCUT2D eigenvalue weighted by atomic mass is 35.5. The van der Waals surface area contributed by atoms with E-state index in [9.17, 15) is 10.1 Å². The number of hydrogen-bond donors (Lipinski definition) is 1. The molecule has 2 N–H and O–H groups in total. The standard InChI is InChI=1S/C16H15ClN4O2/c1-10(8-18)16-15(11-3-2-4-13(7-11)21(22)23)19-14-6-5-12(17)9-20(14)16/h2-7,9-10H,8,18H2,1H3. The van der Waals surface area contributed by atoms with Gasteiger partial charge >= 0.3 is 0 Å². The second-order valence-electron chi connectivity index (χ2n) is 5.37. The number of nitro benzene ring substituents is 1. The van der Waals surface area contributed by atoms with Crippen LogP contribution in [0.25, 0.3) is 16.9 Å². The molecule has 0 bridgehead atoms. The van der Waals surface area contributed by atoms with Crippen LogP contribution in [0.2, 0.25) is 5.02 Å². The molecule has 0 saturated heterocycles. The van der Waals surface area contributed by atoms with E-state index in [1.807, 2.05) is 23.5 Å². The number of aromatic nitrogens is 2. The number of halogens is 1. The maximum atomic E-state index is 11.0. The fourth-order valence-corrected chi connectivity index (χ4v) is 2.76. The zero-order valence-corrected chi connectivity index (χ0v) is 13.2. The monoisotopic (exact) mass is 330 g/mol. The minimum Gasteiger partial charge on any atom is -0.330 e. The van der Waals surface area contributed by atoms with Crippen LogP contribution in [0.1, 0.15) is 18.5 Å². The quantitative estimate of drug-likeness (QED) is 0.584. The Morgan fingerprint density at radius 3 is 2.87 bits per heavy atom. The zero-order valence-electron chi connectivity index (χ0n) is 12.4. The fourth-order valence-electron chi connectivity index (χ4n) is 2.60. The van der Waals surface area contributed by atoms with Gasteiger partial charge in [-0.1, -0.05) is 30.7 Å². The van der Waals surface area contributed by atoms with Gasteiger partial charge in [0.1, 0.15) is 5.65 Å². The smallest absolute Gasteiger partial charge is 0.270 e. The number of hydrogen-bond acceptors (Lipinski definition) is 4. The Labute approximate surface area is 137 Å². The van der Waals surface area contributed by atoms with E-state index in [2.05, 4.69) is 4.98 Å². The predicted octanol–water partition coefficient (Wildman–Crippen LogP) is 3.63. The molecule has 0 radical (unpaired) electrons. The molecule has 23 heavy (non-hydrogen) atoms. The molecule has 1 unspecified atom stereocenters. The maximum absolute atomic E-state index is 11.0. The average molecular weight is 331 g/mol. The highest BCUT2D eigenvalue weighted by Crippen LogP contribution is 2.32. The lowest BCUT2D eigenvalue weighted by Crippen LogP contribution is -2.12. The van der Waals surface area contributed by atoms with Crippen LogP contribution < -0.4 is 5.73 Å². The summed E-state index contributed by atoms with van der Waals surface area (Å²) in [6.45, 7) is 2.42. The molecule has 0 spiro atoms. The summed E-state index contributed by atoms with van der Waals surface area (Å²) in [7, 11) is 0. The minimum atomic E-state index is -0.414. The van der Waals surface area contributed by atoms with E-state index in [1.54, 1.807) is 18.3 Å². The number of nitro groups is 1. The number of fused-ring (bicyclic) bond motifs is 1. The highest BCUT2D eigenvalue weighted by molar-refractivity contribution is 6.30. The van der Waals surface area contributed by atoms with Crippen molar-refractivity contribution in [2.24, 2.45) is 5.73 Å². The van der Waals surface area contributed by atoms with Gasteiger partial charge in [0.05, 0.1) is 21.3 Å². The molecule has 0 aliphatic heterocycles. The minimum absolute atomic E-state index is 0.0257. The third-order valence-corrected chi connectivity index (χ3v) is 3.99. The van der Waals surface area contributed by atoms with Gasteiger partial charge in [0.25, 0.3) is 5.69 Å². The van der Waals surface area contributed by atoms with E-state index in [0.29, 0.717) is 22.8 Å². The lowest BCUT2D eigenvalue weighted by atomic mass is 10.0. The maximum Gasteiger partial charge on any atom is 0.270 e. The SMILES string of the molecule is CC(CN)c1c(-c2cccc([N+](=O)[O-])c2)nc2ccc(Cl)cn12. The van der Waals surface area contributed by atoms with Crippen molar-refractivity contribution in [2.75, 3.05) is 6.54 Å². The van der Waals surface area contributed by atoms with Gasteiger partial charge in [0, 0.05) is 36.4 Å². The van der Waals surface area contributed by atoms with Crippen molar-refractivity contribution in [1.29, 1.82) is 0 Å². The molecule has 6 nitrogen and oxygen atoms in total. The van der Waals surface area contributed by atoms with Gasteiger partial charge < -0.3 is 10.1 Å². The Balaban J connectivity index is 2.28. The van der Waals surface area contributed by atoms with Gasteiger partial charge in [-0.3, -0.25) is 10.1 Å². The van der Waals surface area contributed by atoms with E-state index < -0.39 is 4.92 Å². The molecule has 118 valence electrons. The first kappa shape index (κ1) is 15.5. The molecule has 3 aromatic rings. The number of pyridine rings is 1. The Hall–Kier alpha value is -2.44. The largest absolute Gasteiger partial charge is 0.330 e. The summed E-state index contributed by atoms with van der Waals surface area (Å²) in [6.07, 6.45) is 1.78. The summed E-state index contributed by atoms with van der Waals surface area (Å²) in [6, 6.07) is 10.0. The Morgan fingerprint density at radius 2 is 2.17 bits per heavy atom. The van der Waals surface area contributed by atoms with Crippen molar-refractivity contribution in [2.45, 2.75) is 12.8 Å². The highest BCUT2D eigenvalue weighted by Gasteiger charge is 2.20. The summed E-state index contributed by atoms with van der Waals surface area (Å²) >= 11 is 6.09. The van der Waals surface area contributed by atoms with Gasteiger partial charge in [-0.25, -0.2) is 4.98 Å². The van der Waals surface area contributed by atoms with E-state index in [1.165, 1.54) is 12.1 Å². The zero-order chi connectivity index (χ0) is 16.6. The van der Waals surface area contributed by atoms with Crippen molar-refractivity contribution in [3.63, 3.8) is 0 Å². The number of nitrogens with zero attached hydrogens (tertiary/aromatic N) is 3. The molecule has 0 saturated carbocycles. The van der Waals surface area contributed by atoms with Gasteiger partial charge in [-0.15, -0.1) is 0 Å². The van der Waals surface area contributed by atoms with Gasteiger partial charge in [-0.2, -0.15) is 0 Å². The van der Waals surface area contributed by atoms with Crippen LogP contribution in [0, 0.1) is 10.1 Å². The van der Waals surface area contributed by atoms with E-state index in [0.717, 1.165) is 11.3 Å². The Bertz CT molecular complexity index is 891. The van der Waals surface area contributed by atoms with Crippen LogP contribution in [0.5, 0.6) is 0 Å². The number of non-ortho nitro benzene ring substituents is 1. The molecule has 0 amide bonds. The van der Waals surface area contributed by atoms with Crippen LogP contribution in [-0.2, 0) is 0 Å². The molecule has 2 aromatic heterocycles. The topological polar surface area (TPSA) is 86.5 Å². The van der Waals surface area contributed by atoms with Crippen LogP contribution in [0.4, 0.5) is 5.69 Å². The van der Waals surface area contributed by atoms with Crippen LogP contribution in [0.15, 0.2) is 42.6 Å². The number of imidazole rings is 1. The molecule has 0 aliphatic rings. The molecule has 0 fully saturated rings. The Kier molecular flexibility index (Phi) is 4.02. The van der Waals surface area contributed by atoms with E-state index in [-0.39, 0.29) is 11.6 Å². The molecule has 2 heterocycles. The summed E-state index contributed by atoms with van der Waals surface area (Å²) in [5.41, 5.74) is 8.87. The Morgan fingerprint density at radius 1 is 1.39 bits per heavy atom. The summed E-state index contributed by atoms with van der Waals surface area (Å²) in [5, 5.41) is 11.6. The summed E-state index contributed by atoms with van der Waals surface area (Å²) in [4.78, 5) is 15.2. The van der Waals surface area contributed by atoms with Gasteiger partial charge in [0.2, 0.25) is 0 Å². The lowest BCUT2D eigenvalue weighted by molar-refractivity contribution is -0.384. The molecular formula is C16H15ClN4O2. The molecule has 7 heteroatoms. The van der Waals surface area contributed by atoms with Crippen molar-refractivity contribution in [1.82, 2.24) is 9.38 Å². The van der Waals surface area contributed by atoms with Crippen LogP contribution >= 0.6 is 11.6 Å². The predicted molar refractivity (Wildman–Crippen MR) is 89.8 cm³/mol. The number of benzene rings is 1. The summed E-state index contributed by atoms with van der Waals surface area (Å²) in [5.74, 6) is 0.0257. The van der Waals surface area contributed by atoms with Crippen molar-refractivity contribution < 1.29 is 4.92 Å². The molecule has 1 aromatic carbocycles. The number of rotatable bonds is 4. The fraction of sp³-hybridized carbons (Fsp3) is 0.188. The first-order valence-corrected chi connectivity index (χ1v) is 7.51. The molecule has 1 atom stereocenters. The second kappa shape index (κ2) is 5.98. The second-order valence-corrected chi connectivity index (χ2v) is 5.80. The normalized spacial score (nSPS) is 12.5. The lowest BCUT2D eigenvalue weighted by Gasteiger charge is -2.11.